The third-order valence-corrected chi connectivity index (χ3v) is 5.34. The Balaban J connectivity index is 1.82. The van der Waals surface area contributed by atoms with Crippen LogP contribution in [0.2, 0.25) is 0 Å². The molecular weight excluding hydrogens is 316 g/mol. The minimum Gasteiger partial charge on any atom is -0.468 e. The van der Waals surface area contributed by atoms with Crippen molar-refractivity contribution in [3.05, 3.63) is 65.2 Å². The zero-order valence-electron chi connectivity index (χ0n) is 14.2. The third kappa shape index (κ3) is 2.27. The number of hydrogen-bond acceptors (Lipinski definition) is 4. The van der Waals surface area contributed by atoms with E-state index in [4.69, 9.17) is 4.74 Å². The molecule has 5 nitrogen and oxygen atoms in total. The lowest BCUT2D eigenvalue weighted by atomic mass is 9.72. The topological polar surface area (TPSA) is 67.4 Å². The number of anilines is 1. The first kappa shape index (κ1) is 15.8. The SMILES string of the molecule is COC(=O)[C@@]12C[C@H](c3ccc(C)cc3)N[C@@H]1c1ccccc1NC2=O. The zero-order chi connectivity index (χ0) is 17.6. The van der Waals surface area contributed by atoms with E-state index in [1.165, 1.54) is 12.7 Å². The van der Waals surface area contributed by atoms with E-state index in [2.05, 4.69) is 10.6 Å². The van der Waals surface area contributed by atoms with Gasteiger partial charge in [-0.05, 0) is 30.5 Å². The molecule has 2 aromatic rings. The number of hydrogen-bond donors (Lipinski definition) is 2. The number of carbonyl (C=O) groups excluding carboxylic acids is 2. The van der Waals surface area contributed by atoms with Crippen LogP contribution < -0.4 is 10.6 Å². The van der Waals surface area contributed by atoms with Gasteiger partial charge in [-0.15, -0.1) is 0 Å². The number of ether oxygens (including phenoxy) is 1. The fourth-order valence-corrected chi connectivity index (χ4v) is 4.01. The van der Waals surface area contributed by atoms with Crippen molar-refractivity contribution in [1.29, 1.82) is 0 Å². The number of fused-ring (bicyclic) bond motifs is 3. The number of aryl methyl sites for hydroxylation is 1. The summed E-state index contributed by atoms with van der Waals surface area (Å²) < 4.78 is 5.04. The van der Waals surface area contributed by atoms with Crippen LogP contribution in [0.15, 0.2) is 48.5 Å². The number of nitrogens with one attached hydrogen (secondary N) is 2. The molecule has 1 fully saturated rings. The smallest absolute Gasteiger partial charge is 0.323 e. The average Bonchev–Trinajstić information content (AvgIpc) is 3.04. The summed E-state index contributed by atoms with van der Waals surface area (Å²) in [6.07, 6.45) is 0.369. The molecule has 0 spiro atoms. The molecule has 1 amide bonds. The van der Waals surface area contributed by atoms with Crippen LogP contribution in [-0.2, 0) is 14.3 Å². The highest BCUT2D eigenvalue weighted by molar-refractivity contribution is 6.12. The van der Waals surface area contributed by atoms with Gasteiger partial charge in [-0.3, -0.25) is 9.59 Å². The van der Waals surface area contributed by atoms with E-state index < -0.39 is 17.4 Å². The second-order valence-electron chi connectivity index (χ2n) is 6.77. The van der Waals surface area contributed by atoms with E-state index in [0.29, 0.717) is 6.42 Å². The number of methoxy groups -OCH3 is 1. The van der Waals surface area contributed by atoms with Gasteiger partial charge in [0.05, 0.1) is 13.2 Å². The standard InChI is InChI=1S/C20H20N2O3/c1-12-7-9-13(10-8-12)16-11-20(19(24)25-2)17(21-16)14-5-3-4-6-15(14)22-18(20)23/h3-10,16-17,21H,11H2,1-2H3,(H,22,23)/t16-,17-,20+/m1/s1. The number of amides is 1. The molecule has 2 N–H and O–H groups in total. The molecule has 3 atom stereocenters. The summed E-state index contributed by atoms with van der Waals surface area (Å²) in [4.78, 5) is 25.6. The van der Waals surface area contributed by atoms with E-state index in [1.54, 1.807) is 0 Å². The van der Waals surface area contributed by atoms with Gasteiger partial charge in [-0.2, -0.15) is 0 Å². The Hall–Kier alpha value is -2.66. The number of rotatable bonds is 2. The Kier molecular flexibility index (Phi) is 3.62. The quantitative estimate of drug-likeness (QED) is 0.654. The van der Waals surface area contributed by atoms with Crippen LogP contribution in [0.1, 0.15) is 35.2 Å². The van der Waals surface area contributed by atoms with Gasteiger partial charge >= 0.3 is 5.97 Å². The van der Waals surface area contributed by atoms with Crippen molar-refractivity contribution in [2.24, 2.45) is 5.41 Å². The summed E-state index contributed by atoms with van der Waals surface area (Å²) >= 11 is 0. The molecule has 2 aromatic carbocycles. The van der Waals surface area contributed by atoms with E-state index in [9.17, 15) is 9.59 Å². The molecule has 25 heavy (non-hydrogen) atoms. The molecule has 0 unspecified atom stereocenters. The minimum absolute atomic E-state index is 0.0957. The van der Waals surface area contributed by atoms with Gasteiger partial charge in [0, 0.05) is 11.7 Å². The average molecular weight is 336 g/mol. The fourth-order valence-electron chi connectivity index (χ4n) is 4.01. The highest BCUT2D eigenvalue weighted by Crippen LogP contribution is 2.53. The second-order valence-corrected chi connectivity index (χ2v) is 6.77. The van der Waals surface area contributed by atoms with Crippen LogP contribution in [0.25, 0.3) is 0 Å². The molecule has 1 saturated heterocycles. The molecule has 2 aliphatic heterocycles. The molecule has 0 aliphatic carbocycles. The third-order valence-electron chi connectivity index (χ3n) is 5.34. The van der Waals surface area contributed by atoms with Gasteiger partial charge in [0.25, 0.3) is 0 Å². The lowest BCUT2D eigenvalue weighted by molar-refractivity contribution is -0.158. The summed E-state index contributed by atoms with van der Waals surface area (Å²) in [7, 11) is 1.33. The van der Waals surface area contributed by atoms with E-state index in [1.807, 2.05) is 55.5 Å². The van der Waals surface area contributed by atoms with E-state index >= 15 is 0 Å². The maximum atomic E-state index is 12.9. The van der Waals surface area contributed by atoms with Gasteiger partial charge < -0.3 is 15.4 Å². The molecule has 2 heterocycles. The molecule has 0 saturated carbocycles. The van der Waals surface area contributed by atoms with Crippen molar-refractivity contribution in [2.45, 2.75) is 25.4 Å². The lowest BCUT2D eigenvalue weighted by Gasteiger charge is -2.36. The Morgan fingerprint density at radius 3 is 2.60 bits per heavy atom. The first-order valence-corrected chi connectivity index (χ1v) is 8.37. The normalized spacial score (nSPS) is 27.2. The lowest BCUT2D eigenvalue weighted by Crippen LogP contribution is -2.50. The van der Waals surface area contributed by atoms with E-state index in [0.717, 1.165) is 16.8 Å². The van der Waals surface area contributed by atoms with Crippen molar-refractivity contribution in [3.63, 3.8) is 0 Å². The number of benzene rings is 2. The van der Waals surface area contributed by atoms with Crippen LogP contribution in [0.3, 0.4) is 0 Å². The molecule has 0 bridgehead atoms. The number of para-hydroxylation sites is 1. The van der Waals surface area contributed by atoms with Gasteiger partial charge in [0.15, 0.2) is 5.41 Å². The summed E-state index contributed by atoms with van der Waals surface area (Å²) in [5.41, 5.74) is 2.65. The first-order valence-electron chi connectivity index (χ1n) is 8.37. The van der Waals surface area contributed by atoms with Crippen LogP contribution >= 0.6 is 0 Å². The summed E-state index contributed by atoms with van der Waals surface area (Å²) in [5, 5.41) is 6.40. The molecule has 0 radical (unpaired) electrons. The van der Waals surface area contributed by atoms with Crippen molar-refractivity contribution in [3.8, 4) is 0 Å². The van der Waals surface area contributed by atoms with Gasteiger partial charge in [0.2, 0.25) is 5.91 Å². The molecule has 5 heteroatoms. The van der Waals surface area contributed by atoms with Crippen molar-refractivity contribution in [1.82, 2.24) is 5.32 Å². The monoisotopic (exact) mass is 336 g/mol. The molecule has 0 aromatic heterocycles. The summed E-state index contributed by atoms with van der Waals surface area (Å²) in [5.74, 6) is -0.795. The van der Waals surface area contributed by atoms with Crippen molar-refractivity contribution < 1.29 is 14.3 Å². The molecule has 128 valence electrons. The van der Waals surface area contributed by atoms with Gasteiger partial charge in [-0.25, -0.2) is 0 Å². The predicted octanol–water partition coefficient (Wildman–Crippen LogP) is 2.88. The number of carbonyl (C=O) groups is 2. The van der Waals surface area contributed by atoms with Crippen LogP contribution in [0.5, 0.6) is 0 Å². The Morgan fingerprint density at radius 2 is 1.88 bits per heavy atom. The van der Waals surface area contributed by atoms with Crippen LogP contribution in [-0.4, -0.2) is 19.0 Å². The predicted molar refractivity (Wildman–Crippen MR) is 93.9 cm³/mol. The Bertz CT molecular complexity index is 846. The molecule has 2 aliphatic rings. The van der Waals surface area contributed by atoms with Crippen molar-refractivity contribution in [2.75, 3.05) is 12.4 Å². The van der Waals surface area contributed by atoms with Gasteiger partial charge in [0.1, 0.15) is 0 Å². The van der Waals surface area contributed by atoms with E-state index in [-0.39, 0.29) is 11.9 Å². The first-order chi connectivity index (χ1) is 12.1. The highest BCUT2D eigenvalue weighted by atomic mass is 16.5. The minimum atomic E-state index is -1.25. The molecule has 4 rings (SSSR count). The van der Waals surface area contributed by atoms with Crippen LogP contribution in [0, 0.1) is 12.3 Å². The van der Waals surface area contributed by atoms with Gasteiger partial charge in [-0.1, -0.05) is 48.0 Å². The Morgan fingerprint density at radius 1 is 1.16 bits per heavy atom. The Labute approximate surface area is 146 Å². The maximum Gasteiger partial charge on any atom is 0.323 e. The zero-order valence-corrected chi connectivity index (χ0v) is 14.2. The summed E-state index contributed by atoms with van der Waals surface area (Å²) in [6.45, 7) is 2.03. The number of esters is 1. The maximum absolute atomic E-state index is 12.9. The largest absolute Gasteiger partial charge is 0.468 e. The van der Waals surface area contributed by atoms with Crippen LogP contribution in [0.4, 0.5) is 5.69 Å². The molecular formula is C20H20N2O3. The second kappa shape index (κ2) is 5.70. The fraction of sp³-hybridized carbons (Fsp3) is 0.300. The highest BCUT2D eigenvalue weighted by Gasteiger charge is 2.61. The van der Waals surface area contributed by atoms with Crippen molar-refractivity contribution >= 4 is 17.6 Å². The summed E-state index contributed by atoms with van der Waals surface area (Å²) in [6, 6.07) is 15.2.